The van der Waals surface area contributed by atoms with Crippen molar-refractivity contribution in [3.8, 4) is 0 Å². The number of aryl methyl sites for hydroxylation is 2. The predicted octanol–water partition coefficient (Wildman–Crippen LogP) is 2.09. The molecule has 1 N–H and O–H groups in total. The van der Waals surface area contributed by atoms with E-state index in [9.17, 15) is 9.59 Å². The highest BCUT2D eigenvalue weighted by Gasteiger charge is 2.20. The van der Waals surface area contributed by atoms with Crippen molar-refractivity contribution in [3.05, 3.63) is 45.7 Å². The largest absolute Gasteiger partial charge is 0.349 e. The molecule has 1 aromatic heterocycles. The Morgan fingerprint density at radius 3 is 3.00 bits per heavy atom. The Labute approximate surface area is 117 Å². The lowest BCUT2D eigenvalue weighted by atomic mass is 10.1. The number of nitrogens with zero attached hydrogens (tertiary/aromatic N) is 1. The minimum atomic E-state index is -0.271. The van der Waals surface area contributed by atoms with Crippen molar-refractivity contribution in [1.82, 2.24) is 9.88 Å². The summed E-state index contributed by atoms with van der Waals surface area (Å²) >= 11 is 0. The number of rotatable bonds is 3. The third-order valence-corrected chi connectivity index (χ3v) is 4.04. The van der Waals surface area contributed by atoms with Gasteiger partial charge >= 0.3 is 0 Å². The van der Waals surface area contributed by atoms with Crippen LogP contribution >= 0.6 is 0 Å². The number of amides is 1. The fourth-order valence-electron chi connectivity index (χ4n) is 2.72. The number of hydrogen-bond donors (Lipinski definition) is 1. The van der Waals surface area contributed by atoms with Gasteiger partial charge in [0.25, 0.3) is 5.91 Å². The van der Waals surface area contributed by atoms with Gasteiger partial charge in [-0.25, -0.2) is 0 Å². The molecule has 1 aliphatic rings. The van der Waals surface area contributed by atoms with Crippen LogP contribution in [-0.4, -0.2) is 16.5 Å². The van der Waals surface area contributed by atoms with Gasteiger partial charge in [0.2, 0.25) is 5.43 Å². The zero-order valence-electron chi connectivity index (χ0n) is 11.8. The summed E-state index contributed by atoms with van der Waals surface area (Å²) in [6.07, 6.45) is 3.48. The maximum absolute atomic E-state index is 12.5. The summed E-state index contributed by atoms with van der Waals surface area (Å²) in [5, 5.41) is 3.52. The number of carbonyl (C=O) groups excluding carboxylic acids is 1. The summed E-state index contributed by atoms with van der Waals surface area (Å²) in [4.78, 5) is 24.7. The second-order valence-corrected chi connectivity index (χ2v) is 5.41. The van der Waals surface area contributed by atoms with E-state index in [1.54, 1.807) is 6.20 Å². The van der Waals surface area contributed by atoms with E-state index in [4.69, 9.17) is 0 Å². The van der Waals surface area contributed by atoms with Crippen LogP contribution in [0.4, 0.5) is 0 Å². The van der Waals surface area contributed by atoms with Gasteiger partial charge in [-0.2, -0.15) is 0 Å². The SMILES string of the molecule is CC[C@@H](C)NC(=O)c1cn2c3c(cccc3c1=O)CC2. The van der Waals surface area contributed by atoms with Crippen LogP contribution in [0.15, 0.2) is 29.2 Å². The van der Waals surface area contributed by atoms with Crippen molar-refractivity contribution in [3.63, 3.8) is 0 Å². The van der Waals surface area contributed by atoms with Crippen molar-refractivity contribution in [2.45, 2.75) is 39.3 Å². The van der Waals surface area contributed by atoms with Crippen LogP contribution in [0.2, 0.25) is 0 Å². The van der Waals surface area contributed by atoms with E-state index in [2.05, 4.69) is 5.32 Å². The van der Waals surface area contributed by atoms with E-state index in [0.29, 0.717) is 5.39 Å². The summed E-state index contributed by atoms with van der Waals surface area (Å²) < 4.78 is 2.03. The van der Waals surface area contributed by atoms with Gasteiger partial charge < -0.3 is 9.88 Å². The first-order chi connectivity index (χ1) is 9.61. The third-order valence-electron chi connectivity index (χ3n) is 4.04. The van der Waals surface area contributed by atoms with Crippen molar-refractivity contribution >= 4 is 16.8 Å². The lowest BCUT2D eigenvalue weighted by Gasteiger charge is -2.12. The number of hydrogen-bond acceptors (Lipinski definition) is 2. The fraction of sp³-hybridized carbons (Fsp3) is 0.375. The second kappa shape index (κ2) is 4.78. The highest BCUT2D eigenvalue weighted by atomic mass is 16.2. The molecule has 0 saturated heterocycles. The van der Waals surface area contributed by atoms with E-state index < -0.39 is 0 Å². The summed E-state index contributed by atoms with van der Waals surface area (Å²) in [6.45, 7) is 4.78. The van der Waals surface area contributed by atoms with Crippen molar-refractivity contribution < 1.29 is 4.79 Å². The summed E-state index contributed by atoms with van der Waals surface area (Å²) in [6, 6.07) is 5.82. The van der Waals surface area contributed by atoms with E-state index in [1.807, 2.05) is 36.6 Å². The highest BCUT2D eigenvalue weighted by molar-refractivity contribution is 5.98. The first kappa shape index (κ1) is 12.9. The zero-order chi connectivity index (χ0) is 14.3. The van der Waals surface area contributed by atoms with E-state index >= 15 is 0 Å². The molecule has 0 radical (unpaired) electrons. The number of benzene rings is 1. The molecule has 0 saturated carbocycles. The molecule has 1 aliphatic heterocycles. The number of para-hydroxylation sites is 1. The minimum Gasteiger partial charge on any atom is -0.349 e. The Balaban J connectivity index is 2.14. The van der Waals surface area contributed by atoms with Crippen LogP contribution in [0.1, 0.15) is 36.2 Å². The van der Waals surface area contributed by atoms with Gasteiger partial charge in [0.1, 0.15) is 5.56 Å². The Morgan fingerprint density at radius 2 is 2.25 bits per heavy atom. The standard InChI is InChI=1S/C16H18N2O2/c1-3-10(2)17-16(20)13-9-18-8-7-11-5-4-6-12(14(11)18)15(13)19/h4-6,9-10H,3,7-8H2,1-2H3,(H,17,20)/t10-/m1/s1. The molecule has 0 spiro atoms. The topological polar surface area (TPSA) is 51.1 Å². The average molecular weight is 270 g/mol. The summed E-state index contributed by atoms with van der Waals surface area (Å²) in [7, 11) is 0. The van der Waals surface area contributed by atoms with Crippen molar-refractivity contribution in [2.75, 3.05) is 0 Å². The monoisotopic (exact) mass is 270 g/mol. The highest BCUT2D eigenvalue weighted by Crippen LogP contribution is 2.23. The maximum Gasteiger partial charge on any atom is 0.256 e. The van der Waals surface area contributed by atoms with Gasteiger partial charge in [-0.15, -0.1) is 0 Å². The van der Waals surface area contributed by atoms with Crippen LogP contribution in [-0.2, 0) is 13.0 Å². The number of pyridine rings is 1. The van der Waals surface area contributed by atoms with E-state index in [0.717, 1.165) is 24.9 Å². The number of nitrogens with one attached hydrogen (secondary N) is 1. The fourth-order valence-corrected chi connectivity index (χ4v) is 2.72. The lowest BCUT2D eigenvalue weighted by Crippen LogP contribution is -2.35. The summed E-state index contributed by atoms with van der Waals surface area (Å²) in [5.41, 5.74) is 2.25. The second-order valence-electron chi connectivity index (χ2n) is 5.41. The zero-order valence-corrected chi connectivity index (χ0v) is 11.8. The lowest BCUT2D eigenvalue weighted by molar-refractivity contribution is 0.0937. The normalized spacial score (nSPS) is 14.5. The minimum absolute atomic E-state index is 0.0718. The number of carbonyl (C=O) groups is 1. The molecule has 0 fully saturated rings. The molecule has 0 aliphatic carbocycles. The molecule has 2 heterocycles. The van der Waals surface area contributed by atoms with Crippen molar-refractivity contribution in [2.24, 2.45) is 0 Å². The van der Waals surface area contributed by atoms with Gasteiger partial charge in [-0.1, -0.05) is 19.1 Å². The van der Waals surface area contributed by atoms with E-state index in [1.165, 1.54) is 5.56 Å². The molecule has 104 valence electrons. The predicted molar refractivity (Wildman–Crippen MR) is 79.1 cm³/mol. The molecule has 1 atom stereocenters. The van der Waals surface area contributed by atoms with Crippen LogP contribution in [0.3, 0.4) is 0 Å². The smallest absolute Gasteiger partial charge is 0.256 e. The molecular weight excluding hydrogens is 252 g/mol. The van der Waals surface area contributed by atoms with Gasteiger partial charge in [0, 0.05) is 24.2 Å². The maximum atomic E-state index is 12.5. The Morgan fingerprint density at radius 1 is 1.45 bits per heavy atom. The Kier molecular flexibility index (Phi) is 3.08. The van der Waals surface area contributed by atoms with Gasteiger partial charge in [0.15, 0.2) is 0 Å². The molecule has 1 aromatic carbocycles. The van der Waals surface area contributed by atoms with Crippen LogP contribution < -0.4 is 10.7 Å². The van der Waals surface area contributed by atoms with Crippen LogP contribution in [0, 0.1) is 0 Å². The average Bonchev–Trinajstić information content (AvgIpc) is 2.86. The van der Waals surface area contributed by atoms with Gasteiger partial charge in [0.05, 0.1) is 5.52 Å². The molecule has 1 amide bonds. The Bertz CT molecular complexity index is 746. The van der Waals surface area contributed by atoms with Gasteiger partial charge in [-0.3, -0.25) is 9.59 Å². The molecule has 0 unspecified atom stereocenters. The first-order valence-corrected chi connectivity index (χ1v) is 7.07. The number of aromatic nitrogens is 1. The van der Waals surface area contributed by atoms with Crippen molar-refractivity contribution in [1.29, 1.82) is 0 Å². The van der Waals surface area contributed by atoms with Gasteiger partial charge in [-0.05, 0) is 31.4 Å². The first-order valence-electron chi connectivity index (χ1n) is 7.07. The molecule has 3 rings (SSSR count). The molecule has 4 nitrogen and oxygen atoms in total. The molecule has 4 heteroatoms. The summed E-state index contributed by atoms with van der Waals surface area (Å²) in [5.74, 6) is -0.271. The Hall–Kier alpha value is -2.10. The quantitative estimate of drug-likeness (QED) is 0.928. The molecule has 20 heavy (non-hydrogen) atoms. The molecule has 2 aromatic rings. The third kappa shape index (κ3) is 1.92. The molecular formula is C16H18N2O2. The van der Waals surface area contributed by atoms with Crippen LogP contribution in [0.5, 0.6) is 0 Å². The molecule has 0 bridgehead atoms. The van der Waals surface area contributed by atoms with E-state index in [-0.39, 0.29) is 22.9 Å². The van der Waals surface area contributed by atoms with Crippen LogP contribution in [0.25, 0.3) is 10.9 Å².